The molecule has 0 unspecified atom stereocenters. The van der Waals surface area contributed by atoms with Crippen molar-refractivity contribution in [3.63, 3.8) is 0 Å². The highest BCUT2D eigenvalue weighted by Crippen LogP contribution is 2.24. The van der Waals surface area contributed by atoms with Crippen LogP contribution in [0.15, 0.2) is 18.2 Å². The average Bonchev–Trinajstić information content (AvgIpc) is 2.53. The second kappa shape index (κ2) is 9.40. The fourth-order valence-electron chi connectivity index (χ4n) is 1.70. The second-order valence-electron chi connectivity index (χ2n) is 5.82. The minimum Gasteiger partial charge on any atom is -0.369 e. The number of halogens is 5. The van der Waals surface area contributed by atoms with Gasteiger partial charge in [0.05, 0.1) is 17.8 Å². The third-order valence-corrected chi connectivity index (χ3v) is 3.87. The zero-order valence-electron chi connectivity index (χ0n) is 14.6. The maximum Gasteiger partial charge on any atom is 0.349 e. The Morgan fingerprint density at radius 1 is 1.12 bits per heavy atom. The summed E-state index contributed by atoms with van der Waals surface area (Å²) in [6.45, 7) is 4.96. The van der Waals surface area contributed by atoms with E-state index < -0.39 is 62.3 Å². The third-order valence-electron chi connectivity index (χ3n) is 2.81. The summed E-state index contributed by atoms with van der Waals surface area (Å²) in [6, 6.07) is 2.26. The highest BCUT2D eigenvalue weighted by molar-refractivity contribution is 6.31. The molecule has 148 valence electrons. The molecule has 0 aliphatic carbocycles. The lowest BCUT2D eigenvalue weighted by Crippen LogP contribution is -2.47. The van der Waals surface area contributed by atoms with Gasteiger partial charge in [-0.15, -0.1) is 5.12 Å². The lowest BCUT2D eigenvalue weighted by atomic mass is 10.2. The Balaban J connectivity index is 2.84. The van der Waals surface area contributed by atoms with E-state index in [-0.39, 0.29) is 0 Å². The fraction of sp³-hybridized carbons (Fsp3) is 0.533. The first kappa shape index (κ1) is 22.5. The van der Waals surface area contributed by atoms with Gasteiger partial charge in [0.2, 0.25) is 0 Å². The molecule has 0 aliphatic heterocycles. The molecule has 11 heteroatoms. The fourth-order valence-corrected chi connectivity index (χ4v) is 2.45. The smallest absolute Gasteiger partial charge is 0.349 e. The quantitative estimate of drug-likeness (QED) is 0.210. The molecule has 0 bridgehead atoms. The Kier molecular flexibility index (Phi) is 8.12. The zero-order chi connectivity index (χ0) is 20.1. The Morgan fingerprint density at radius 2 is 1.65 bits per heavy atom. The summed E-state index contributed by atoms with van der Waals surface area (Å²) in [6.07, 6.45) is -0.850. The van der Waals surface area contributed by atoms with Crippen LogP contribution in [0.4, 0.5) is 22.0 Å². The predicted octanol–water partition coefficient (Wildman–Crippen LogP) is 3.08. The molecule has 0 N–H and O–H groups in total. The first-order chi connectivity index (χ1) is 12.0. The molecule has 0 aliphatic rings. The van der Waals surface area contributed by atoms with Crippen molar-refractivity contribution in [2.75, 3.05) is 0 Å². The van der Waals surface area contributed by atoms with Crippen LogP contribution in [0.1, 0.15) is 38.1 Å². The standard InChI is InChI=1S/C15H20F5NO4Si/c1-8(2)23-14(24-9(3)4)25-26-15(18,19)21(20)13(22)10-6-5-7-11(16)12(10)17/h5-9,14H,26H2,1-4H3. The number of carbonyl (C=O) groups is 1. The van der Waals surface area contributed by atoms with Gasteiger partial charge < -0.3 is 13.9 Å². The summed E-state index contributed by atoms with van der Waals surface area (Å²) in [5, 5.41) is -1.46. The number of rotatable bonds is 9. The van der Waals surface area contributed by atoms with Gasteiger partial charge in [-0.2, -0.15) is 8.78 Å². The van der Waals surface area contributed by atoms with E-state index in [1.165, 1.54) is 0 Å². The molecule has 0 heterocycles. The number of benzene rings is 1. The Bertz CT molecular complexity index is 608. The average molecular weight is 401 g/mol. The molecule has 26 heavy (non-hydrogen) atoms. The van der Waals surface area contributed by atoms with Crippen LogP contribution >= 0.6 is 0 Å². The van der Waals surface area contributed by atoms with Crippen LogP contribution in [-0.4, -0.2) is 45.1 Å². The number of hydrogen-bond acceptors (Lipinski definition) is 4. The van der Waals surface area contributed by atoms with E-state index in [1.54, 1.807) is 27.7 Å². The van der Waals surface area contributed by atoms with Gasteiger partial charge in [0.25, 0.3) is 22.1 Å². The largest absolute Gasteiger partial charge is 0.369 e. The van der Waals surface area contributed by atoms with Gasteiger partial charge >= 0.3 is 5.67 Å². The molecule has 0 saturated heterocycles. The van der Waals surface area contributed by atoms with Crippen LogP contribution < -0.4 is 0 Å². The Labute approximate surface area is 149 Å². The summed E-state index contributed by atoms with van der Waals surface area (Å²) in [5.74, 6) is -5.20. The molecule has 0 aromatic heterocycles. The van der Waals surface area contributed by atoms with Gasteiger partial charge in [0.1, 0.15) is 0 Å². The molecular weight excluding hydrogens is 381 g/mol. The first-order valence-corrected chi connectivity index (χ1v) is 8.98. The molecule has 0 fully saturated rings. The molecule has 5 nitrogen and oxygen atoms in total. The highest BCUT2D eigenvalue weighted by Gasteiger charge is 2.44. The van der Waals surface area contributed by atoms with E-state index >= 15 is 0 Å². The molecule has 1 aromatic carbocycles. The number of ether oxygens (including phenoxy) is 2. The third kappa shape index (κ3) is 6.31. The first-order valence-electron chi connectivity index (χ1n) is 7.70. The molecule has 1 rings (SSSR count). The van der Waals surface area contributed by atoms with E-state index in [1.807, 2.05) is 0 Å². The van der Waals surface area contributed by atoms with Crippen molar-refractivity contribution in [1.29, 1.82) is 0 Å². The number of hydrogen-bond donors (Lipinski definition) is 0. The Hall–Kier alpha value is -1.56. The van der Waals surface area contributed by atoms with Crippen LogP contribution in [0, 0.1) is 11.6 Å². The molecule has 0 radical (unpaired) electrons. The maximum atomic E-state index is 14.0. The number of amides is 1. The molecule has 0 saturated carbocycles. The van der Waals surface area contributed by atoms with Crippen LogP contribution in [0.5, 0.6) is 0 Å². The van der Waals surface area contributed by atoms with Gasteiger partial charge in [-0.25, -0.2) is 8.78 Å². The van der Waals surface area contributed by atoms with Gasteiger partial charge in [0, 0.05) is 0 Å². The summed E-state index contributed by atoms with van der Waals surface area (Å²) in [4.78, 5) is 11.7. The lowest BCUT2D eigenvalue weighted by Gasteiger charge is -2.27. The summed E-state index contributed by atoms with van der Waals surface area (Å²) < 4.78 is 83.5. The highest BCUT2D eigenvalue weighted by atomic mass is 28.2. The van der Waals surface area contributed by atoms with Crippen LogP contribution in [0.3, 0.4) is 0 Å². The van der Waals surface area contributed by atoms with Crippen molar-refractivity contribution in [3.05, 3.63) is 35.4 Å². The van der Waals surface area contributed by atoms with Crippen LogP contribution in [-0.2, 0) is 13.9 Å². The van der Waals surface area contributed by atoms with E-state index in [0.29, 0.717) is 12.1 Å². The van der Waals surface area contributed by atoms with E-state index in [4.69, 9.17) is 13.9 Å². The Morgan fingerprint density at radius 3 is 2.15 bits per heavy atom. The van der Waals surface area contributed by atoms with Crippen molar-refractivity contribution < 1.29 is 40.7 Å². The summed E-state index contributed by atoms with van der Waals surface area (Å²) in [7, 11) is -3.08. The summed E-state index contributed by atoms with van der Waals surface area (Å²) in [5.41, 5.74) is -5.50. The van der Waals surface area contributed by atoms with Crippen molar-refractivity contribution in [1.82, 2.24) is 5.12 Å². The van der Waals surface area contributed by atoms with E-state index in [2.05, 4.69) is 0 Å². The van der Waals surface area contributed by atoms with Gasteiger partial charge in [-0.05, 0) is 39.8 Å². The van der Waals surface area contributed by atoms with E-state index in [9.17, 15) is 26.8 Å². The van der Waals surface area contributed by atoms with Crippen LogP contribution in [0.25, 0.3) is 0 Å². The maximum absolute atomic E-state index is 14.0. The van der Waals surface area contributed by atoms with Gasteiger partial charge in [-0.1, -0.05) is 10.5 Å². The molecule has 1 amide bonds. The van der Waals surface area contributed by atoms with E-state index in [0.717, 1.165) is 6.07 Å². The number of nitrogens with zero attached hydrogens (tertiary/aromatic N) is 1. The van der Waals surface area contributed by atoms with Crippen molar-refractivity contribution in [2.45, 2.75) is 52.0 Å². The molecule has 1 aromatic rings. The lowest BCUT2D eigenvalue weighted by molar-refractivity contribution is -0.281. The number of alkyl halides is 2. The minimum atomic E-state index is -4.34. The second-order valence-corrected chi connectivity index (χ2v) is 7.30. The summed E-state index contributed by atoms with van der Waals surface area (Å²) >= 11 is 0. The molecule has 0 atom stereocenters. The number of carbonyl (C=O) groups excluding carboxylic acids is 1. The van der Waals surface area contributed by atoms with Gasteiger partial charge in [-0.3, -0.25) is 4.79 Å². The van der Waals surface area contributed by atoms with Crippen molar-refractivity contribution >= 4 is 15.7 Å². The predicted molar refractivity (Wildman–Crippen MR) is 84.4 cm³/mol. The molecular formula is C15H20F5NO4Si. The van der Waals surface area contributed by atoms with Crippen molar-refractivity contribution in [3.8, 4) is 0 Å². The monoisotopic (exact) mass is 401 g/mol. The zero-order valence-corrected chi connectivity index (χ0v) is 16.1. The topological polar surface area (TPSA) is 48.0 Å². The molecule has 0 spiro atoms. The van der Waals surface area contributed by atoms with Crippen LogP contribution in [0.2, 0.25) is 0 Å². The van der Waals surface area contributed by atoms with Gasteiger partial charge in [0.15, 0.2) is 11.6 Å². The normalized spacial score (nSPS) is 12.8. The SMILES string of the molecule is CC(C)OC(O[SiH2]C(F)(F)N(F)C(=O)c1cccc(F)c1F)OC(C)C. The van der Waals surface area contributed by atoms with Crippen molar-refractivity contribution in [2.24, 2.45) is 0 Å². The minimum absolute atomic E-state index is 0.425.